The standard InChI is InChI=1S/C16H19FOSi/c1-4-18-19(2,3)16-10-8-13(9-11-16)14-6-5-7-15(17)12-14/h5-12H,4H2,1-3H3. The largest absolute Gasteiger partial charge is 0.413 e. The van der Waals surface area contributed by atoms with Crippen molar-refractivity contribution in [1.82, 2.24) is 0 Å². The van der Waals surface area contributed by atoms with E-state index in [9.17, 15) is 4.39 Å². The van der Waals surface area contributed by atoms with Gasteiger partial charge in [0.2, 0.25) is 8.32 Å². The summed E-state index contributed by atoms with van der Waals surface area (Å²) in [5.41, 5.74) is 1.94. The fraction of sp³-hybridized carbons (Fsp3) is 0.250. The smallest absolute Gasteiger partial charge is 0.218 e. The fourth-order valence-electron chi connectivity index (χ4n) is 2.18. The van der Waals surface area contributed by atoms with Crippen LogP contribution in [0.25, 0.3) is 11.1 Å². The van der Waals surface area contributed by atoms with Gasteiger partial charge in [-0.3, -0.25) is 0 Å². The van der Waals surface area contributed by atoms with Crippen LogP contribution in [0.1, 0.15) is 6.92 Å². The third-order valence-corrected chi connectivity index (χ3v) is 5.98. The molecule has 0 radical (unpaired) electrons. The van der Waals surface area contributed by atoms with E-state index in [1.807, 2.05) is 25.1 Å². The van der Waals surface area contributed by atoms with Crippen molar-refractivity contribution in [3.8, 4) is 11.1 Å². The Morgan fingerprint density at radius 2 is 1.68 bits per heavy atom. The molecule has 1 nitrogen and oxygen atoms in total. The Morgan fingerprint density at radius 1 is 1.00 bits per heavy atom. The molecule has 3 heteroatoms. The van der Waals surface area contributed by atoms with Gasteiger partial charge in [-0.15, -0.1) is 0 Å². The summed E-state index contributed by atoms with van der Waals surface area (Å²) in [7, 11) is -1.79. The monoisotopic (exact) mass is 274 g/mol. The first kappa shape index (κ1) is 14.0. The van der Waals surface area contributed by atoms with Crippen LogP contribution in [0.5, 0.6) is 0 Å². The molecule has 0 aliphatic rings. The van der Waals surface area contributed by atoms with Gasteiger partial charge in [0.05, 0.1) is 0 Å². The van der Waals surface area contributed by atoms with Crippen LogP contribution in [0.2, 0.25) is 13.1 Å². The molecule has 0 aliphatic carbocycles. The maximum atomic E-state index is 13.2. The van der Waals surface area contributed by atoms with Crippen LogP contribution < -0.4 is 5.19 Å². The van der Waals surface area contributed by atoms with Crippen molar-refractivity contribution in [3.63, 3.8) is 0 Å². The molecule has 19 heavy (non-hydrogen) atoms. The van der Waals surface area contributed by atoms with Gasteiger partial charge in [0.1, 0.15) is 5.82 Å². The van der Waals surface area contributed by atoms with E-state index in [0.29, 0.717) is 0 Å². The van der Waals surface area contributed by atoms with Crippen LogP contribution in [-0.4, -0.2) is 14.9 Å². The van der Waals surface area contributed by atoms with E-state index in [2.05, 4.69) is 25.2 Å². The summed E-state index contributed by atoms with van der Waals surface area (Å²) in [6.07, 6.45) is 0. The van der Waals surface area contributed by atoms with Gasteiger partial charge in [0, 0.05) is 6.61 Å². The van der Waals surface area contributed by atoms with Crippen LogP contribution in [0.15, 0.2) is 48.5 Å². The molecule has 0 fully saturated rings. The van der Waals surface area contributed by atoms with Gasteiger partial charge in [-0.05, 0) is 48.5 Å². The van der Waals surface area contributed by atoms with Gasteiger partial charge in [-0.1, -0.05) is 36.4 Å². The predicted octanol–water partition coefficient (Wildman–Crippen LogP) is 3.94. The molecule has 2 aromatic rings. The lowest BCUT2D eigenvalue weighted by molar-refractivity contribution is 0.339. The molecule has 0 amide bonds. The second kappa shape index (κ2) is 5.68. The summed E-state index contributed by atoms with van der Waals surface area (Å²) < 4.78 is 19.1. The van der Waals surface area contributed by atoms with Crippen molar-refractivity contribution in [2.75, 3.05) is 6.61 Å². The van der Waals surface area contributed by atoms with E-state index in [0.717, 1.165) is 17.7 Å². The van der Waals surface area contributed by atoms with E-state index in [4.69, 9.17) is 4.43 Å². The summed E-state index contributed by atoms with van der Waals surface area (Å²) in [5, 5.41) is 1.26. The van der Waals surface area contributed by atoms with Gasteiger partial charge < -0.3 is 4.43 Å². The molecule has 0 spiro atoms. The molecule has 0 atom stereocenters. The molecule has 0 N–H and O–H groups in total. The molecule has 0 saturated carbocycles. The Kier molecular flexibility index (Phi) is 4.17. The number of hydrogen-bond donors (Lipinski definition) is 0. The first-order valence-electron chi connectivity index (χ1n) is 6.53. The van der Waals surface area contributed by atoms with Crippen molar-refractivity contribution in [1.29, 1.82) is 0 Å². The minimum Gasteiger partial charge on any atom is -0.413 e. The van der Waals surface area contributed by atoms with Gasteiger partial charge >= 0.3 is 0 Å². The Morgan fingerprint density at radius 3 is 2.26 bits per heavy atom. The molecule has 0 aliphatic heterocycles. The summed E-state index contributed by atoms with van der Waals surface area (Å²) in [5.74, 6) is -0.203. The lowest BCUT2D eigenvalue weighted by Crippen LogP contribution is -2.44. The Labute approximate surface area is 115 Å². The summed E-state index contributed by atoms with van der Waals surface area (Å²) in [4.78, 5) is 0. The molecule has 0 heterocycles. The molecular weight excluding hydrogens is 255 g/mol. The van der Waals surface area contributed by atoms with E-state index in [1.165, 1.54) is 11.3 Å². The van der Waals surface area contributed by atoms with Crippen LogP contribution in [0.3, 0.4) is 0 Å². The fourth-order valence-corrected chi connectivity index (χ4v) is 4.03. The van der Waals surface area contributed by atoms with Crippen LogP contribution >= 0.6 is 0 Å². The third-order valence-electron chi connectivity index (χ3n) is 3.24. The quantitative estimate of drug-likeness (QED) is 0.767. The second-order valence-corrected chi connectivity index (χ2v) is 8.92. The number of benzene rings is 2. The summed E-state index contributed by atoms with van der Waals surface area (Å²) >= 11 is 0. The normalized spacial score (nSPS) is 11.6. The molecule has 0 unspecified atom stereocenters. The van der Waals surface area contributed by atoms with Gasteiger partial charge in [0.15, 0.2) is 0 Å². The first-order chi connectivity index (χ1) is 9.03. The maximum absolute atomic E-state index is 13.2. The Hall–Kier alpha value is -1.45. The zero-order chi connectivity index (χ0) is 13.9. The highest BCUT2D eigenvalue weighted by Gasteiger charge is 2.24. The maximum Gasteiger partial charge on any atom is 0.218 e. The zero-order valence-corrected chi connectivity index (χ0v) is 12.6. The van der Waals surface area contributed by atoms with E-state index >= 15 is 0 Å². The molecule has 2 rings (SSSR count). The molecule has 0 bridgehead atoms. The zero-order valence-electron chi connectivity index (χ0n) is 11.6. The van der Waals surface area contributed by atoms with Crippen molar-refractivity contribution in [2.24, 2.45) is 0 Å². The highest BCUT2D eigenvalue weighted by Crippen LogP contribution is 2.19. The highest BCUT2D eigenvalue weighted by molar-refractivity contribution is 6.84. The van der Waals surface area contributed by atoms with Gasteiger partial charge in [-0.25, -0.2) is 4.39 Å². The molecular formula is C16H19FOSi. The third kappa shape index (κ3) is 3.31. The SMILES string of the molecule is CCO[Si](C)(C)c1ccc(-c2cccc(F)c2)cc1. The second-order valence-electron chi connectivity index (χ2n) is 5.03. The van der Waals surface area contributed by atoms with Gasteiger partial charge in [-0.2, -0.15) is 0 Å². The molecule has 0 aromatic heterocycles. The van der Waals surface area contributed by atoms with Crippen LogP contribution in [0.4, 0.5) is 4.39 Å². The van der Waals surface area contributed by atoms with Crippen LogP contribution in [-0.2, 0) is 4.43 Å². The average Bonchev–Trinajstić information content (AvgIpc) is 2.39. The van der Waals surface area contributed by atoms with E-state index in [1.54, 1.807) is 12.1 Å². The van der Waals surface area contributed by atoms with Crippen molar-refractivity contribution in [2.45, 2.75) is 20.0 Å². The van der Waals surface area contributed by atoms with E-state index < -0.39 is 8.32 Å². The average molecular weight is 274 g/mol. The molecule has 100 valence electrons. The number of hydrogen-bond acceptors (Lipinski definition) is 1. The Bertz CT molecular complexity index is 549. The van der Waals surface area contributed by atoms with Crippen molar-refractivity contribution < 1.29 is 8.82 Å². The summed E-state index contributed by atoms with van der Waals surface area (Å²) in [6.45, 7) is 7.14. The summed E-state index contributed by atoms with van der Waals surface area (Å²) in [6, 6.07) is 14.9. The molecule has 2 aromatic carbocycles. The van der Waals surface area contributed by atoms with Crippen LogP contribution in [0, 0.1) is 5.82 Å². The minimum atomic E-state index is -1.79. The van der Waals surface area contributed by atoms with Gasteiger partial charge in [0.25, 0.3) is 0 Å². The lowest BCUT2D eigenvalue weighted by Gasteiger charge is -2.22. The number of rotatable bonds is 4. The predicted molar refractivity (Wildman–Crippen MR) is 80.6 cm³/mol. The first-order valence-corrected chi connectivity index (χ1v) is 9.44. The molecule has 0 saturated heterocycles. The number of halogens is 1. The highest BCUT2D eigenvalue weighted by atomic mass is 28.4. The lowest BCUT2D eigenvalue weighted by atomic mass is 10.1. The Balaban J connectivity index is 2.28. The van der Waals surface area contributed by atoms with Crippen molar-refractivity contribution >= 4 is 13.5 Å². The van der Waals surface area contributed by atoms with E-state index in [-0.39, 0.29) is 5.82 Å². The van der Waals surface area contributed by atoms with Crippen molar-refractivity contribution in [3.05, 3.63) is 54.3 Å². The topological polar surface area (TPSA) is 9.23 Å². The minimum absolute atomic E-state index is 0.203.